The minimum absolute atomic E-state index is 0.259. The molecule has 28 heavy (non-hydrogen) atoms. The Balaban J connectivity index is 1.66. The molecular formula is C21H17FN2O3S. The Morgan fingerprint density at radius 1 is 1.18 bits per heavy atom. The van der Waals surface area contributed by atoms with Crippen LogP contribution in [0.4, 0.5) is 10.1 Å². The predicted octanol–water partition coefficient (Wildman–Crippen LogP) is 4.26. The molecule has 142 valence electrons. The van der Waals surface area contributed by atoms with E-state index in [9.17, 15) is 14.0 Å². The third kappa shape index (κ3) is 3.18. The quantitative estimate of drug-likeness (QED) is 0.621. The number of nitrogens with zero attached hydrogens (tertiary/aromatic N) is 2. The van der Waals surface area contributed by atoms with Crippen LogP contribution in [0.5, 0.6) is 0 Å². The predicted molar refractivity (Wildman–Crippen MR) is 105 cm³/mol. The Kier molecular flexibility index (Phi) is 4.92. The van der Waals surface area contributed by atoms with Gasteiger partial charge in [0.05, 0.1) is 13.0 Å². The lowest BCUT2D eigenvalue weighted by molar-refractivity contribution is -0.142. The fourth-order valence-electron chi connectivity index (χ4n) is 3.43. The maximum absolute atomic E-state index is 14.0. The summed E-state index contributed by atoms with van der Waals surface area (Å²) in [4.78, 5) is 31.2. The van der Waals surface area contributed by atoms with Crippen LogP contribution in [0.1, 0.15) is 28.4 Å². The van der Waals surface area contributed by atoms with Gasteiger partial charge < -0.3 is 9.64 Å². The van der Waals surface area contributed by atoms with E-state index in [1.54, 1.807) is 28.5 Å². The summed E-state index contributed by atoms with van der Waals surface area (Å²) in [5.74, 6) is -1.35. The highest BCUT2D eigenvalue weighted by Gasteiger charge is 2.34. The lowest BCUT2D eigenvalue weighted by atomic mass is 9.90. The first-order chi connectivity index (χ1) is 13.6. The molecule has 0 N–H and O–H groups in total. The van der Waals surface area contributed by atoms with Gasteiger partial charge in [-0.25, -0.2) is 9.37 Å². The summed E-state index contributed by atoms with van der Waals surface area (Å²) in [6, 6.07) is 13.7. The second-order valence-electron chi connectivity index (χ2n) is 6.40. The van der Waals surface area contributed by atoms with E-state index in [1.807, 2.05) is 24.3 Å². The largest absolute Gasteiger partial charge is 0.469 e. The number of amides is 1. The summed E-state index contributed by atoms with van der Waals surface area (Å²) in [7, 11) is 1.36. The number of fused-ring (bicyclic) bond motifs is 1. The summed E-state index contributed by atoms with van der Waals surface area (Å²) < 4.78 is 18.9. The second kappa shape index (κ2) is 7.52. The minimum atomic E-state index is -0.394. The third-order valence-corrected chi connectivity index (χ3v) is 5.68. The van der Waals surface area contributed by atoms with Crippen molar-refractivity contribution in [2.75, 3.05) is 18.6 Å². The van der Waals surface area contributed by atoms with Crippen molar-refractivity contribution in [3.63, 3.8) is 0 Å². The van der Waals surface area contributed by atoms with Crippen LogP contribution >= 0.6 is 11.3 Å². The Morgan fingerprint density at radius 2 is 1.93 bits per heavy atom. The summed E-state index contributed by atoms with van der Waals surface area (Å²) in [5, 5.41) is 2.10. The zero-order chi connectivity index (χ0) is 19.7. The number of carbonyl (C=O) groups excluding carboxylic acids is 2. The van der Waals surface area contributed by atoms with E-state index < -0.39 is 5.92 Å². The highest BCUT2D eigenvalue weighted by Crippen LogP contribution is 2.37. The van der Waals surface area contributed by atoms with Crippen LogP contribution in [0, 0.1) is 5.82 Å². The van der Waals surface area contributed by atoms with Gasteiger partial charge in [0, 0.05) is 23.2 Å². The number of halogens is 1. The third-order valence-electron chi connectivity index (χ3n) is 4.80. The van der Waals surface area contributed by atoms with Gasteiger partial charge in [-0.2, -0.15) is 0 Å². The molecule has 1 amide bonds. The number of esters is 1. The number of carbonyl (C=O) groups is 2. The molecule has 1 atom stereocenters. The molecule has 4 rings (SSSR count). The molecule has 1 aliphatic rings. The number of thiazole rings is 1. The van der Waals surface area contributed by atoms with Gasteiger partial charge in [-0.1, -0.05) is 30.3 Å². The number of anilines is 1. The fraction of sp³-hybridized carbons (Fsp3) is 0.190. The number of hydrogen-bond donors (Lipinski definition) is 0. The van der Waals surface area contributed by atoms with Crippen molar-refractivity contribution in [3.05, 3.63) is 71.0 Å². The van der Waals surface area contributed by atoms with Crippen molar-refractivity contribution in [1.82, 2.24) is 4.98 Å². The lowest BCUT2D eigenvalue weighted by Crippen LogP contribution is -2.38. The first-order valence-electron chi connectivity index (χ1n) is 8.79. The molecule has 0 radical (unpaired) electrons. The van der Waals surface area contributed by atoms with Gasteiger partial charge in [-0.15, -0.1) is 11.3 Å². The van der Waals surface area contributed by atoms with Crippen molar-refractivity contribution in [2.45, 2.75) is 12.3 Å². The van der Waals surface area contributed by atoms with Gasteiger partial charge in [0.15, 0.2) is 0 Å². The minimum Gasteiger partial charge on any atom is -0.469 e. The smallest absolute Gasteiger partial charge is 0.313 e. The SMILES string of the molecule is COC(=O)[C@H]1CCN(C(=O)c2csc(-c3ccccc3F)n2)c2ccccc21. The van der Waals surface area contributed by atoms with E-state index in [1.165, 1.54) is 24.5 Å². The molecule has 0 aliphatic carbocycles. The van der Waals surface area contributed by atoms with E-state index in [-0.39, 0.29) is 23.4 Å². The molecular weight excluding hydrogens is 379 g/mol. The fourth-order valence-corrected chi connectivity index (χ4v) is 4.25. The van der Waals surface area contributed by atoms with Crippen LogP contribution in [-0.2, 0) is 9.53 Å². The van der Waals surface area contributed by atoms with Crippen LogP contribution in [0.2, 0.25) is 0 Å². The van der Waals surface area contributed by atoms with Gasteiger partial charge in [0.25, 0.3) is 5.91 Å². The van der Waals surface area contributed by atoms with Crippen LogP contribution in [-0.4, -0.2) is 30.5 Å². The molecule has 0 unspecified atom stereocenters. The molecule has 3 aromatic rings. The molecule has 1 aromatic heterocycles. The Hall–Kier alpha value is -3.06. The molecule has 1 aliphatic heterocycles. The number of para-hydroxylation sites is 1. The number of ether oxygens (including phenoxy) is 1. The highest BCUT2D eigenvalue weighted by molar-refractivity contribution is 7.13. The molecule has 0 spiro atoms. The normalized spacial score (nSPS) is 15.8. The number of benzene rings is 2. The maximum Gasteiger partial charge on any atom is 0.313 e. The summed E-state index contributed by atoms with van der Waals surface area (Å²) in [6.07, 6.45) is 0.472. The number of aromatic nitrogens is 1. The number of hydrogen-bond acceptors (Lipinski definition) is 5. The highest BCUT2D eigenvalue weighted by atomic mass is 32.1. The van der Waals surface area contributed by atoms with Crippen molar-refractivity contribution in [1.29, 1.82) is 0 Å². The molecule has 0 saturated carbocycles. The number of methoxy groups -OCH3 is 1. The van der Waals surface area contributed by atoms with E-state index in [2.05, 4.69) is 4.98 Å². The van der Waals surface area contributed by atoms with Crippen molar-refractivity contribution in [3.8, 4) is 10.6 Å². The average Bonchev–Trinajstić information content (AvgIpc) is 3.22. The molecule has 2 aromatic carbocycles. The van der Waals surface area contributed by atoms with Gasteiger partial charge >= 0.3 is 5.97 Å². The molecule has 0 bridgehead atoms. The van der Waals surface area contributed by atoms with E-state index in [0.717, 1.165) is 5.56 Å². The summed E-state index contributed by atoms with van der Waals surface area (Å²) in [5.41, 5.74) is 2.07. The maximum atomic E-state index is 14.0. The Bertz CT molecular complexity index is 1050. The lowest BCUT2D eigenvalue weighted by Gasteiger charge is -2.32. The second-order valence-corrected chi connectivity index (χ2v) is 7.26. The number of rotatable bonds is 3. The average molecular weight is 396 g/mol. The van der Waals surface area contributed by atoms with E-state index in [4.69, 9.17) is 4.74 Å². The zero-order valence-corrected chi connectivity index (χ0v) is 15.9. The molecule has 0 fully saturated rings. The van der Waals surface area contributed by atoms with Crippen molar-refractivity contribution < 1.29 is 18.7 Å². The summed E-state index contributed by atoms with van der Waals surface area (Å²) in [6.45, 7) is 0.377. The first-order valence-corrected chi connectivity index (χ1v) is 9.67. The van der Waals surface area contributed by atoms with Gasteiger partial charge in [-0.3, -0.25) is 9.59 Å². The van der Waals surface area contributed by atoms with E-state index >= 15 is 0 Å². The Labute approximate surface area is 165 Å². The van der Waals surface area contributed by atoms with Crippen LogP contribution in [0.15, 0.2) is 53.9 Å². The zero-order valence-electron chi connectivity index (χ0n) is 15.1. The van der Waals surface area contributed by atoms with Crippen LogP contribution in [0.3, 0.4) is 0 Å². The molecule has 5 nitrogen and oxygen atoms in total. The standard InChI is InChI=1S/C21H17FN2O3S/c1-27-21(26)14-10-11-24(18-9-5-3-6-13(14)18)20(25)17-12-28-19(23-17)15-7-2-4-8-16(15)22/h2-9,12,14H,10-11H2,1H3/t14-/m0/s1. The van der Waals surface area contributed by atoms with E-state index in [0.29, 0.717) is 29.2 Å². The van der Waals surface area contributed by atoms with Gasteiger partial charge in [0.1, 0.15) is 16.5 Å². The monoisotopic (exact) mass is 396 g/mol. The van der Waals surface area contributed by atoms with Crippen LogP contribution in [0.25, 0.3) is 10.6 Å². The van der Waals surface area contributed by atoms with Gasteiger partial charge in [0.2, 0.25) is 0 Å². The first kappa shape index (κ1) is 18.3. The topological polar surface area (TPSA) is 59.5 Å². The molecule has 7 heteroatoms. The van der Waals surface area contributed by atoms with Crippen molar-refractivity contribution >= 4 is 28.9 Å². The molecule has 2 heterocycles. The molecule has 0 saturated heterocycles. The van der Waals surface area contributed by atoms with Crippen molar-refractivity contribution in [2.24, 2.45) is 0 Å². The Morgan fingerprint density at radius 3 is 2.71 bits per heavy atom. The van der Waals surface area contributed by atoms with Crippen LogP contribution < -0.4 is 4.90 Å². The van der Waals surface area contributed by atoms with Gasteiger partial charge in [-0.05, 0) is 30.2 Å². The summed E-state index contributed by atoms with van der Waals surface area (Å²) >= 11 is 1.23.